The van der Waals surface area contributed by atoms with Crippen molar-refractivity contribution in [3.63, 3.8) is 0 Å². The van der Waals surface area contributed by atoms with Gasteiger partial charge in [-0.05, 0) is 48.6 Å². The third-order valence-electron chi connectivity index (χ3n) is 3.52. The summed E-state index contributed by atoms with van der Waals surface area (Å²) in [6.07, 6.45) is 3.18. The van der Waals surface area contributed by atoms with Crippen molar-refractivity contribution in [1.29, 1.82) is 0 Å². The molecular formula is C19H20O5. The van der Waals surface area contributed by atoms with E-state index in [1.54, 1.807) is 63.8 Å². The van der Waals surface area contributed by atoms with Crippen molar-refractivity contribution in [2.45, 2.75) is 0 Å². The second kappa shape index (κ2) is 8.06. The van der Waals surface area contributed by atoms with Crippen LogP contribution in [0.25, 0.3) is 6.08 Å². The fourth-order valence-corrected chi connectivity index (χ4v) is 2.22. The van der Waals surface area contributed by atoms with E-state index in [2.05, 4.69) is 0 Å². The van der Waals surface area contributed by atoms with Gasteiger partial charge in [-0.25, -0.2) is 0 Å². The Labute approximate surface area is 141 Å². The molecule has 0 N–H and O–H groups in total. The summed E-state index contributed by atoms with van der Waals surface area (Å²) < 4.78 is 20.9. The molecule has 0 saturated heterocycles. The SMILES string of the molecule is COc1ccc(OC)c(/C=C\C(=O)c2ccc(OC)c(OC)c2)c1. The summed E-state index contributed by atoms with van der Waals surface area (Å²) >= 11 is 0. The second-order valence-corrected chi connectivity index (χ2v) is 4.88. The van der Waals surface area contributed by atoms with E-state index in [1.165, 1.54) is 13.2 Å². The number of allylic oxidation sites excluding steroid dienone is 1. The molecule has 2 rings (SSSR count). The van der Waals surface area contributed by atoms with E-state index in [4.69, 9.17) is 18.9 Å². The number of hydrogen-bond acceptors (Lipinski definition) is 5. The second-order valence-electron chi connectivity index (χ2n) is 4.88. The predicted octanol–water partition coefficient (Wildman–Crippen LogP) is 3.62. The van der Waals surface area contributed by atoms with Gasteiger partial charge in [0.05, 0.1) is 28.4 Å². The van der Waals surface area contributed by atoms with Crippen LogP contribution in [0.5, 0.6) is 23.0 Å². The van der Waals surface area contributed by atoms with Gasteiger partial charge in [-0.15, -0.1) is 0 Å². The van der Waals surface area contributed by atoms with Crippen LogP contribution in [-0.4, -0.2) is 34.2 Å². The Morgan fingerprint density at radius 3 is 2.08 bits per heavy atom. The average molecular weight is 328 g/mol. The molecule has 5 heteroatoms. The normalized spacial score (nSPS) is 10.5. The van der Waals surface area contributed by atoms with Gasteiger partial charge in [-0.3, -0.25) is 4.79 Å². The fourth-order valence-electron chi connectivity index (χ4n) is 2.22. The number of benzene rings is 2. The molecule has 0 amide bonds. The van der Waals surface area contributed by atoms with Gasteiger partial charge in [-0.2, -0.15) is 0 Å². The van der Waals surface area contributed by atoms with E-state index in [-0.39, 0.29) is 5.78 Å². The van der Waals surface area contributed by atoms with Crippen molar-refractivity contribution in [3.05, 3.63) is 53.6 Å². The van der Waals surface area contributed by atoms with Gasteiger partial charge in [0.15, 0.2) is 17.3 Å². The molecule has 2 aromatic carbocycles. The zero-order valence-electron chi connectivity index (χ0n) is 14.2. The quantitative estimate of drug-likeness (QED) is 0.574. The maximum absolute atomic E-state index is 12.4. The smallest absolute Gasteiger partial charge is 0.185 e. The summed E-state index contributed by atoms with van der Waals surface area (Å²) in [6.45, 7) is 0. The van der Waals surface area contributed by atoms with Crippen molar-refractivity contribution in [1.82, 2.24) is 0 Å². The fraction of sp³-hybridized carbons (Fsp3) is 0.211. The van der Waals surface area contributed by atoms with Gasteiger partial charge >= 0.3 is 0 Å². The lowest BCUT2D eigenvalue weighted by Gasteiger charge is -2.08. The first-order valence-electron chi connectivity index (χ1n) is 7.29. The Balaban J connectivity index is 2.27. The van der Waals surface area contributed by atoms with Crippen molar-refractivity contribution in [2.24, 2.45) is 0 Å². The van der Waals surface area contributed by atoms with Gasteiger partial charge in [0.2, 0.25) is 0 Å². The first-order valence-corrected chi connectivity index (χ1v) is 7.29. The lowest BCUT2D eigenvalue weighted by molar-refractivity contribution is 0.104. The van der Waals surface area contributed by atoms with E-state index in [0.29, 0.717) is 28.6 Å². The average Bonchev–Trinajstić information content (AvgIpc) is 2.64. The van der Waals surface area contributed by atoms with Crippen LogP contribution >= 0.6 is 0 Å². The minimum absolute atomic E-state index is 0.152. The number of methoxy groups -OCH3 is 4. The Morgan fingerprint density at radius 2 is 1.46 bits per heavy atom. The zero-order valence-corrected chi connectivity index (χ0v) is 14.2. The molecule has 0 aliphatic rings. The number of hydrogen-bond donors (Lipinski definition) is 0. The van der Waals surface area contributed by atoms with E-state index in [1.807, 2.05) is 0 Å². The maximum atomic E-state index is 12.4. The standard InChI is InChI=1S/C19H20O5/c1-21-15-7-10-17(22-2)14(11-15)5-8-16(20)13-6-9-18(23-3)19(12-13)24-4/h5-12H,1-4H3/b8-5-. The highest BCUT2D eigenvalue weighted by molar-refractivity contribution is 6.07. The van der Waals surface area contributed by atoms with Crippen LogP contribution < -0.4 is 18.9 Å². The van der Waals surface area contributed by atoms with Crippen LogP contribution in [0.2, 0.25) is 0 Å². The van der Waals surface area contributed by atoms with Gasteiger partial charge < -0.3 is 18.9 Å². The number of rotatable bonds is 7. The molecule has 0 aliphatic carbocycles. The minimum Gasteiger partial charge on any atom is -0.497 e. The molecule has 24 heavy (non-hydrogen) atoms. The van der Waals surface area contributed by atoms with Crippen molar-refractivity contribution in [2.75, 3.05) is 28.4 Å². The summed E-state index contributed by atoms with van der Waals surface area (Å²) in [4.78, 5) is 12.4. The molecule has 0 aromatic heterocycles. The molecule has 5 nitrogen and oxygen atoms in total. The highest BCUT2D eigenvalue weighted by Crippen LogP contribution is 2.28. The van der Waals surface area contributed by atoms with E-state index < -0.39 is 0 Å². The third kappa shape index (κ3) is 3.87. The topological polar surface area (TPSA) is 54.0 Å². The van der Waals surface area contributed by atoms with Crippen molar-refractivity contribution in [3.8, 4) is 23.0 Å². The lowest BCUT2D eigenvalue weighted by atomic mass is 10.1. The lowest BCUT2D eigenvalue weighted by Crippen LogP contribution is -1.97. The molecule has 0 fully saturated rings. The number of carbonyl (C=O) groups is 1. The Bertz CT molecular complexity index is 749. The predicted molar refractivity (Wildman–Crippen MR) is 92.5 cm³/mol. The molecule has 0 spiro atoms. The van der Waals surface area contributed by atoms with Gasteiger partial charge in [0, 0.05) is 11.1 Å². The number of ketones is 1. The monoisotopic (exact) mass is 328 g/mol. The minimum atomic E-state index is -0.152. The van der Waals surface area contributed by atoms with Gasteiger partial charge in [0.25, 0.3) is 0 Å². The summed E-state index contributed by atoms with van der Waals surface area (Å²) in [7, 11) is 6.25. The first-order chi connectivity index (χ1) is 11.6. The zero-order chi connectivity index (χ0) is 17.5. The van der Waals surface area contributed by atoms with Gasteiger partial charge in [0.1, 0.15) is 11.5 Å². The van der Waals surface area contributed by atoms with E-state index >= 15 is 0 Å². The molecule has 0 heterocycles. The van der Waals surface area contributed by atoms with Crippen molar-refractivity contribution >= 4 is 11.9 Å². The number of ether oxygens (including phenoxy) is 4. The summed E-state index contributed by atoms with van der Waals surface area (Å²) in [5, 5.41) is 0. The maximum Gasteiger partial charge on any atom is 0.185 e. The summed E-state index contributed by atoms with van der Waals surface area (Å²) in [5.41, 5.74) is 1.26. The molecule has 0 saturated carbocycles. The highest BCUT2D eigenvalue weighted by atomic mass is 16.5. The molecule has 0 bridgehead atoms. The van der Waals surface area contributed by atoms with E-state index in [0.717, 1.165) is 5.56 Å². The van der Waals surface area contributed by atoms with Gasteiger partial charge in [-0.1, -0.05) is 0 Å². The van der Waals surface area contributed by atoms with Crippen LogP contribution in [0, 0.1) is 0 Å². The summed E-state index contributed by atoms with van der Waals surface area (Å²) in [6, 6.07) is 10.4. The van der Waals surface area contributed by atoms with E-state index in [9.17, 15) is 4.79 Å². The van der Waals surface area contributed by atoms with Crippen LogP contribution in [0.4, 0.5) is 0 Å². The largest absolute Gasteiger partial charge is 0.497 e. The van der Waals surface area contributed by atoms with Crippen molar-refractivity contribution < 1.29 is 23.7 Å². The highest BCUT2D eigenvalue weighted by Gasteiger charge is 2.09. The van der Waals surface area contributed by atoms with Crippen LogP contribution in [0.1, 0.15) is 15.9 Å². The molecule has 0 atom stereocenters. The molecule has 0 aliphatic heterocycles. The number of carbonyl (C=O) groups excluding carboxylic acids is 1. The molecular weight excluding hydrogens is 308 g/mol. The van der Waals surface area contributed by atoms with Crippen LogP contribution in [-0.2, 0) is 0 Å². The third-order valence-corrected chi connectivity index (χ3v) is 3.52. The molecule has 2 aromatic rings. The Morgan fingerprint density at radius 1 is 0.792 bits per heavy atom. The molecule has 126 valence electrons. The Kier molecular flexibility index (Phi) is 5.84. The van der Waals surface area contributed by atoms with Crippen LogP contribution in [0.3, 0.4) is 0 Å². The molecule has 0 unspecified atom stereocenters. The Hall–Kier alpha value is -2.95. The molecule has 0 radical (unpaired) electrons. The first kappa shape index (κ1) is 17.4. The summed E-state index contributed by atoms with van der Waals surface area (Å²) in [5.74, 6) is 2.28. The van der Waals surface area contributed by atoms with Crippen LogP contribution in [0.15, 0.2) is 42.5 Å².